The highest BCUT2D eigenvalue weighted by atomic mass is 16.5. The summed E-state index contributed by atoms with van der Waals surface area (Å²) in [5.74, 6) is 0. The van der Waals surface area contributed by atoms with Gasteiger partial charge >= 0.3 is 0 Å². The fourth-order valence-electron chi connectivity index (χ4n) is 2.17. The maximum atomic E-state index is 5.78. The standard InChI is InChI=1S/C14H28N2O/c1-4-7-15-10-13(3)11-16-8-6-9-17-14(5-2)12-16/h14-15H,3-12H2,1-2H3. The van der Waals surface area contributed by atoms with Crippen molar-refractivity contribution < 1.29 is 4.74 Å². The van der Waals surface area contributed by atoms with Gasteiger partial charge < -0.3 is 10.1 Å². The van der Waals surface area contributed by atoms with Crippen LogP contribution < -0.4 is 5.32 Å². The lowest BCUT2D eigenvalue weighted by atomic mass is 10.2. The smallest absolute Gasteiger partial charge is 0.0699 e. The van der Waals surface area contributed by atoms with Crippen LogP contribution in [0, 0.1) is 0 Å². The molecule has 1 heterocycles. The molecule has 0 saturated carbocycles. The predicted octanol–water partition coefficient (Wildman–Crippen LogP) is 2.04. The highest BCUT2D eigenvalue weighted by Crippen LogP contribution is 2.09. The normalized spacial score (nSPS) is 22.4. The number of hydrogen-bond donors (Lipinski definition) is 1. The molecule has 0 aromatic carbocycles. The molecule has 3 heteroatoms. The Morgan fingerprint density at radius 3 is 3.00 bits per heavy atom. The van der Waals surface area contributed by atoms with Crippen LogP contribution >= 0.6 is 0 Å². The lowest BCUT2D eigenvalue weighted by molar-refractivity contribution is 0.0530. The molecule has 3 nitrogen and oxygen atoms in total. The Bertz CT molecular complexity index is 218. The van der Waals surface area contributed by atoms with E-state index in [4.69, 9.17) is 4.74 Å². The van der Waals surface area contributed by atoms with Crippen LogP contribution in [0.5, 0.6) is 0 Å². The zero-order valence-corrected chi connectivity index (χ0v) is 11.5. The van der Waals surface area contributed by atoms with Gasteiger partial charge in [-0.1, -0.05) is 20.4 Å². The molecule has 1 atom stereocenters. The summed E-state index contributed by atoms with van der Waals surface area (Å²) < 4.78 is 5.78. The summed E-state index contributed by atoms with van der Waals surface area (Å²) in [7, 11) is 0. The van der Waals surface area contributed by atoms with E-state index in [9.17, 15) is 0 Å². The lowest BCUT2D eigenvalue weighted by Crippen LogP contribution is -2.34. The average Bonchev–Trinajstić information content (AvgIpc) is 2.54. The minimum absolute atomic E-state index is 0.411. The predicted molar refractivity (Wildman–Crippen MR) is 73.4 cm³/mol. The summed E-state index contributed by atoms with van der Waals surface area (Å²) in [6.07, 6.45) is 3.85. The van der Waals surface area contributed by atoms with Gasteiger partial charge in [0.05, 0.1) is 6.10 Å². The molecule has 0 amide bonds. The summed E-state index contributed by atoms with van der Waals surface area (Å²) in [6.45, 7) is 14.7. The van der Waals surface area contributed by atoms with Crippen LogP contribution in [0.25, 0.3) is 0 Å². The van der Waals surface area contributed by atoms with E-state index in [1.54, 1.807) is 0 Å². The molecule has 0 aromatic heterocycles. The third-order valence-corrected chi connectivity index (χ3v) is 3.14. The van der Waals surface area contributed by atoms with Crippen molar-refractivity contribution in [2.24, 2.45) is 0 Å². The lowest BCUT2D eigenvalue weighted by Gasteiger charge is -2.24. The van der Waals surface area contributed by atoms with Gasteiger partial charge in [0.2, 0.25) is 0 Å². The van der Waals surface area contributed by atoms with Crippen LogP contribution in [0.3, 0.4) is 0 Å². The Hall–Kier alpha value is -0.380. The van der Waals surface area contributed by atoms with Crippen LogP contribution in [0.15, 0.2) is 12.2 Å². The minimum Gasteiger partial charge on any atom is -0.377 e. The van der Waals surface area contributed by atoms with Gasteiger partial charge in [-0.25, -0.2) is 0 Å². The topological polar surface area (TPSA) is 24.5 Å². The third-order valence-electron chi connectivity index (χ3n) is 3.14. The Labute approximate surface area is 106 Å². The van der Waals surface area contributed by atoms with E-state index < -0.39 is 0 Å². The van der Waals surface area contributed by atoms with Gasteiger partial charge in [-0.05, 0) is 31.4 Å². The van der Waals surface area contributed by atoms with Crippen molar-refractivity contribution in [3.63, 3.8) is 0 Å². The summed E-state index contributed by atoms with van der Waals surface area (Å²) in [4.78, 5) is 2.48. The minimum atomic E-state index is 0.411. The number of rotatable bonds is 7. The van der Waals surface area contributed by atoms with Crippen molar-refractivity contribution in [2.45, 2.75) is 39.2 Å². The first kappa shape index (κ1) is 14.7. The Morgan fingerprint density at radius 2 is 2.29 bits per heavy atom. The molecule has 100 valence electrons. The van der Waals surface area contributed by atoms with Gasteiger partial charge in [-0.2, -0.15) is 0 Å². The highest BCUT2D eigenvalue weighted by molar-refractivity contribution is 5.00. The van der Waals surface area contributed by atoms with E-state index >= 15 is 0 Å². The molecule has 1 unspecified atom stereocenters. The Morgan fingerprint density at radius 1 is 1.47 bits per heavy atom. The van der Waals surface area contributed by atoms with E-state index in [-0.39, 0.29) is 0 Å². The molecule has 1 fully saturated rings. The second-order valence-corrected chi connectivity index (χ2v) is 4.92. The largest absolute Gasteiger partial charge is 0.377 e. The molecule has 0 spiro atoms. The fourth-order valence-corrected chi connectivity index (χ4v) is 2.17. The zero-order chi connectivity index (χ0) is 12.5. The summed E-state index contributed by atoms with van der Waals surface area (Å²) >= 11 is 0. The molecule has 1 aliphatic rings. The van der Waals surface area contributed by atoms with Crippen molar-refractivity contribution >= 4 is 0 Å². The first-order chi connectivity index (χ1) is 8.26. The van der Waals surface area contributed by atoms with E-state index in [1.807, 2.05) is 0 Å². The molecule has 0 aliphatic carbocycles. The number of nitrogens with zero attached hydrogens (tertiary/aromatic N) is 1. The first-order valence-corrected chi connectivity index (χ1v) is 6.97. The van der Waals surface area contributed by atoms with E-state index in [0.717, 1.165) is 52.2 Å². The maximum absolute atomic E-state index is 5.78. The van der Waals surface area contributed by atoms with Crippen molar-refractivity contribution in [2.75, 3.05) is 39.3 Å². The number of hydrogen-bond acceptors (Lipinski definition) is 3. The van der Waals surface area contributed by atoms with E-state index in [2.05, 4.69) is 30.6 Å². The fraction of sp³-hybridized carbons (Fsp3) is 0.857. The van der Waals surface area contributed by atoms with Crippen molar-refractivity contribution in [1.29, 1.82) is 0 Å². The van der Waals surface area contributed by atoms with Crippen LogP contribution in [0.4, 0.5) is 0 Å². The van der Waals surface area contributed by atoms with Crippen molar-refractivity contribution in [3.05, 3.63) is 12.2 Å². The Kier molecular flexibility index (Phi) is 7.49. The van der Waals surface area contributed by atoms with Gasteiger partial charge in [0.1, 0.15) is 0 Å². The molecular weight excluding hydrogens is 212 g/mol. The van der Waals surface area contributed by atoms with E-state index in [0.29, 0.717) is 6.10 Å². The first-order valence-electron chi connectivity index (χ1n) is 6.97. The molecule has 17 heavy (non-hydrogen) atoms. The van der Waals surface area contributed by atoms with Crippen LogP contribution in [0.2, 0.25) is 0 Å². The average molecular weight is 240 g/mol. The quantitative estimate of drug-likeness (QED) is 0.544. The van der Waals surface area contributed by atoms with Gasteiger partial charge in [0, 0.05) is 32.8 Å². The SMILES string of the molecule is C=C(CNCCC)CN1CCCOC(CC)C1. The van der Waals surface area contributed by atoms with Crippen molar-refractivity contribution in [3.8, 4) is 0 Å². The maximum Gasteiger partial charge on any atom is 0.0699 e. The van der Waals surface area contributed by atoms with Gasteiger partial charge in [-0.15, -0.1) is 0 Å². The third kappa shape index (κ3) is 6.20. The van der Waals surface area contributed by atoms with Crippen molar-refractivity contribution in [1.82, 2.24) is 10.2 Å². The molecule has 1 saturated heterocycles. The molecule has 1 rings (SSSR count). The highest BCUT2D eigenvalue weighted by Gasteiger charge is 2.17. The molecule has 1 N–H and O–H groups in total. The second kappa shape index (κ2) is 8.67. The van der Waals surface area contributed by atoms with Crippen LogP contribution in [-0.4, -0.2) is 50.3 Å². The summed E-state index contributed by atoms with van der Waals surface area (Å²) in [5, 5.41) is 3.41. The molecule has 0 aromatic rings. The number of nitrogens with one attached hydrogen (secondary N) is 1. The Balaban J connectivity index is 2.25. The van der Waals surface area contributed by atoms with Gasteiger partial charge in [0.25, 0.3) is 0 Å². The van der Waals surface area contributed by atoms with Gasteiger partial charge in [0.15, 0.2) is 0 Å². The van der Waals surface area contributed by atoms with Crippen LogP contribution in [-0.2, 0) is 4.74 Å². The summed E-state index contributed by atoms with van der Waals surface area (Å²) in [6, 6.07) is 0. The van der Waals surface area contributed by atoms with Crippen LogP contribution in [0.1, 0.15) is 33.1 Å². The monoisotopic (exact) mass is 240 g/mol. The molecular formula is C14H28N2O. The second-order valence-electron chi connectivity index (χ2n) is 4.92. The molecule has 1 aliphatic heterocycles. The zero-order valence-electron chi connectivity index (χ0n) is 11.5. The van der Waals surface area contributed by atoms with Gasteiger partial charge in [-0.3, -0.25) is 4.90 Å². The van der Waals surface area contributed by atoms with E-state index in [1.165, 1.54) is 12.0 Å². The molecule has 0 radical (unpaired) electrons. The number of ether oxygens (including phenoxy) is 1. The summed E-state index contributed by atoms with van der Waals surface area (Å²) in [5.41, 5.74) is 1.29. The molecule has 0 bridgehead atoms.